The Balaban J connectivity index is 0.000000225. The van der Waals surface area contributed by atoms with Crippen molar-refractivity contribution in [2.45, 2.75) is 38.3 Å². The Morgan fingerprint density at radius 2 is 1.23 bits per heavy atom. The van der Waals surface area contributed by atoms with Crippen molar-refractivity contribution >= 4 is 52.7 Å². The summed E-state index contributed by atoms with van der Waals surface area (Å²) in [5, 5.41) is 30.4. The van der Waals surface area contributed by atoms with Crippen molar-refractivity contribution in [3.05, 3.63) is 126 Å². The van der Waals surface area contributed by atoms with E-state index in [9.17, 15) is 28.8 Å². The second-order valence-electron chi connectivity index (χ2n) is 11.0. The minimum absolute atomic E-state index is 0.0342. The lowest BCUT2D eigenvalue weighted by Crippen LogP contribution is -2.40. The molecule has 1 aliphatic carbocycles. The minimum atomic E-state index is -1.18. The summed E-state index contributed by atoms with van der Waals surface area (Å²) in [5.74, 6) is -3.44. The number of fused-ring (bicyclic) bond motifs is 3. The van der Waals surface area contributed by atoms with Crippen molar-refractivity contribution in [2.24, 2.45) is 0 Å². The van der Waals surface area contributed by atoms with Crippen molar-refractivity contribution in [3.63, 3.8) is 0 Å². The van der Waals surface area contributed by atoms with Crippen molar-refractivity contribution in [1.82, 2.24) is 5.32 Å². The second kappa shape index (κ2) is 20.5. The van der Waals surface area contributed by atoms with Crippen LogP contribution in [0, 0.1) is 0 Å². The van der Waals surface area contributed by atoms with Gasteiger partial charge in [-0.2, -0.15) is 0 Å². The Labute approximate surface area is 304 Å². The number of ether oxygens (including phenoxy) is 2. The highest BCUT2D eigenvalue weighted by atomic mass is 32.2. The standard InChI is InChI=1S/C19H19NO4.C10H11NO4.C9H8O3S/c1-2-17(18(21)22)20-19(23)24-11-16-14-9-5-3-7-12(14)13-8-4-6-10-15(13)16;1-7(9(12)13)15-10(14)11-8-5-3-2-4-6-8;10-8(11)6-13-9(12)7-4-2-1-3-5-7/h3-10,16-17H,2,11H2,1H3,(H,20,23)(H,21,22);2-7H,1H3,(H,11,14)(H,12,13);1-5H,6H2,(H,10,11)/t;7-;/m.1./s1. The number of benzene rings is 4. The summed E-state index contributed by atoms with van der Waals surface area (Å²) in [5.41, 5.74) is 5.64. The highest BCUT2D eigenvalue weighted by molar-refractivity contribution is 8.14. The molecule has 0 spiro atoms. The number of carbonyl (C=O) groups excluding carboxylic acids is 3. The Morgan fingerprint density at radius 3 is 1.73 bits per heavy atom. The van der Waals surface area contributed by atoms with Gasteiger partial charge in [0.25, 0.3) is 0 Å². The number of aliphatic carboxylic acids is 3. The molecule has 4 aromatic carbocycles. The second-order valence-corrected chi connectivity index (χ2v) is 11.9. The van der Waals surface area contributed by atoms with Gasteiger partial charge in [0.2, 0.25) is 5.12 Å². The Hall–Kier alpha value is -6.15. The third-order valence-electron chi connectivity index (χ3n) is 7.33. The summed E-state index contributed by atoms with van der Waals surface area (Å²) >= 11 is 0.799. The number of para-hydroxylation sites is 1. The molecule has 0 saturated heterocycles. The minimum Gasteiger partial charge on any atom is -0.481 e. The van der Waals surface area contributed by atoms with Crippen LogP contribution in [0.15, 0.2) is 109 Å². The third kappa shape index (κ3) is 12.6. The number of alkyl carbamates (subject to hydrolysis) is 1. The van der Waals surface area contributed by atoms with E-state index >= 15 is 0 Å². The van der Waals surface area contributed by atoms with E-state index in [-0.39, 0.29) is 23.4 Å². The van der Waals surface area contributed by atoms with E-state index in [1.165, 1.54) is 6.92 Å². The van der Waals surface area contributed by atoms with Gasteiger partial charge in [0.15, 0.2) is 6.10 Å². The normalized spacial score (nSPS) is 12.0. The summed E-state index contributed by atoms with van der Waals surface area (Å²) in [4.78, 5) is 65.8. The summed E-state index contributed by atoms with van der Waals surface area (Å²) in [6.45, 7) is 3.16. The van der Waals surface area contributed by atoms with E-state index in [1.54, 1.807) is 67.6 Å². The topological polar surface area (TPSA) is 206 Å². The van der Waals surface area contributed by atoms with Crippen molar-refractivity contribution in [3.8, 4) is 11.1 Å². The molecule has 5 rings (SSSR count). The van der Waals surface area contributed by atoms with Crippen LogP contribution in [0.5, 0.6) is 0 Å². The Bertz CT molecular complexity index is 1790. The molecule has 0 fully saturated rings. The van der Waals surface area contributed by atoms with Crippen LogP contribution in [0.1, 0.15) is 47.7 Å². The fourth-order valence-electron chi connectivity index (χ4n) is 4.79. The number of rotatable bonds is 11. The summed E-state index contributed by atoms with van der Waals surface area (Å²) < 4.78 is 9.87. The zero-order valence-corrected chi connectivity index (χ0v) is 29.1. The first-order valence-electron chi connectivity index (χ1n) is 15.9. The molecule has 4 aromatic rings. The number of carboxylic acid groups (broad SMARTS) is 3. The molecule has 272 valence electrons. The number of hydrogen-bond acceptors (Lipinski definition) is 9. The van der Waals surface area contributed by atoms with Crippen LogP contribution in [-0.4, -0.2) is 75.0 Å². The fourth-order valence-corrected chi connectivity index (χ4v) is 5.34. The molecule has 13 nitrogen and oxygen atoms in total. The van der Waals surface area contributed by atoms with E-state index in [1.807, 2.05) is 36.4 Å². The monoisotopic (exact) mass is 730 g/mol. The molecule has 1 unspecified atom stereocenters. The maximum Gasteiger partial charge on any atom is 0.412 e. The van der Waals surface area contributed by atoms with Gasteiger partial charge in [-0.1, -0.05) is 116 Å². The van der Waals surface area contributed by atoms with Gasteiger partial charge in [-0.25, -0.2) is 19.2 Å². The lowest BCUT2D eigenvalue weighted by Gasteiger charge is -2.16. The van der Waals surface area contributed by atoms with Crippen LogP contribution in [0.25, 0.3) is 11.1 Å². The molecule has 0 heterocycles. The number of carbonyl (C=O) groups is 6. The molecule has 14 heteroatoms. The van der Waals surface area contributed by atoms with Crippen LogP contribution < -0.4 is 10.6 Å². The average Bonchev–Trinajstić information content (AvgIpc) is 3.46. The Kier molecular flexibility index (Phi) is 15.9. The molecule has 1 aliphatic rings. The number of amides is 2. The fraction of sp³-hybridized carbons (Fsp3) is 0.211. The quantitative estimate of drug-likeness (QED) is 0.109. The summed E-state index contributed by atoms with van der Waals surface area (Å²) in [6.07, 6.45) is -2.34. The van der Waals surface area contributed by atoms with E-state index < -0.39 is 42.2 Å². The summed E-state index contributed by atoms with van der Waals surface area (Å²) in [6, 6.07) is 32.4. The first-order chi connectivity index (χ1) is 24.9. The number of anilines is 1. The first kappa shape index (κ1) is 40.3. The molecular weight excluding hydrogens is 692 g/mol. The largest absolute Gasteiger partial charge is 0.481 e. The van der Waals surface area contributed by atoms with E-state index in [4.69, 9.17) is 20.1 Å². The van der Waals surface area contributed by atoms with Crippen LogP contribution in [0.4, 0.5) is 15.3 Å². The highest BCUT2D eigenvalue weighted by Crippen LogP contribution is 2.44. The molecule has 5 N–H and O–H groups in total. The molecule has 0 radical (unpaired) electrons. The highest BCUT2D eigenvalue weighted by Gasteiger charge is 2.29. The van der Waals surface area contributed by atoms with Gasteiger partial charge in [0.05, 0.1) is 5.75 Å². The van der Waals surface area contributed by atoms with Gasteiger partial charge in [-0.05, 0) is 47.7 Å². The third-order valence-corrected chi connectivity index (χ3v) is 8.22. The number of thioether (sulfide) groups is 1. The lowest BCUT2D eigenvalue weighted by molar-refractivity contribution is -0.145. The molecule has 52 heavy (non-hydrogen) atoms. The maximum atomic E-state index is 11.9. The summed E-state index contributed by atoms with van der Waals surface area (Å²) in [7, 11) is 0. The molecular formula is C38H38N2O11S. The molecule has 0 aliphatic heterocycles. The smallest absolute Gasteiger partial charge is 0.412 e. The number of hydrogen-bond donors (Lipinski definition) is 5. The molecule has 0 aromatic heterocycles. The van der Waals surface area contributed by atoms with Gasteiger partial charge >= 0.3 is 30.1 Å². The number of carboxylic acids is 3. The molecule has 2 atom stereocenters. The molecule has 0 saturated carbocycles. The lowest BCUT2D eigenvalue weighted by atomic mass is 9.98. The van der Waals surface area contributed by atoms with Crippen molar-refractivity contribution in [2.75, 3.05) is 17.7 Å². The molecule has 0 bridgehead atoms. The zero-order valence-electron chi connectivity index (χ0n) is 28.3. The van der Waals surface area contributed by atoms with Crippen LogP contribution in [0.3, 0.4) is 0 Å². The van der Waals surface area contributed by atoms with E-state index in [0.29, 0.717) is 17.7 Å². The Morgan fingerprint density at radius 1 is 0.712 bits per heavy atom. The van der Waals surface area contributed by atoms with Crippen LogP contribution >= 0.6 is 11.8 Å². The van der Waals surface area contributed by atoms with Crippen molar-refractivity contribution in [1.29, 1.82) is 0 Å². The average molecular weight is 731 g/mol. The van der Waals surface area contributed by atoms with Crippen LogP contribution in [-0.2, 0) is 23.9 Å². The molecule has 2 amide bonds. The van der Waals surface area contributed by atoms with E-state index in [2.05, 4.69) is 27.5 Å². The van der Waals surface area contributed by atoms with Gasteiger partial charge < -0.3 is 30.1 Å². The van der Waals surface area contributed by atoms with Crippen LogP contribution in [0.2, 0.25) is 0 Å². The van der Waals surface area contributed by atoms with Gasteiger partial charge in [0, 0.05) is 17.2 Å². The van der Waals surface area contributed by atoms with E-state index in [0.717, 1.165) is 34.0 Å². The first-order valence-corrected chi connectivity index (χ1v) is 16.9. The van der Waals surface area contributed by atoms with Gasteiger partial charge in [-0.15, -0.1) is 0 Å². The predicted octanol–water partition coefficient (Wildman–Crippen LogP) is 6.74. The maximum absolute atomic E-state index is 11.9. The predicted molar refractivity (Wildman–Crippen MR) is 194 cm³/mol. The van der Waals surface area contributed by atoms with Gasteiger partial charge in [-0.3, -0.25) is 14.9 Å². The zero-order chi connectivity index (χ0) is 38.0. The van der Waals surface area contributed by atoms with Crippen molar-refractivity contribution < 1.29 is 53.6 Å². The SMILES string of the molecule is CCC(NC(=O)OCC1c2ccccc2-c2ccccc21)C(=O)O.C[C@@H](OC(=O)Nc1ccccc1)C(=O)O.O=C(O)CSC(=O)c1ccccc1. The number of nitrogens with one attached hydrogen (secondary N) is 2. The van der Waals surface area contributed by atoms with Gasteiger partial charge in [0.1, 0.15) is 12.6 Å².